The van der Waals surface area contributed by atoms with Crippen molar-refractivity contribution in [2.24, 2.45) is 0 Å². The van der Waals surface area contributed by atoms with Gasteiger partial charge in [-0.05, 0) is 36.8 Å². The zero-order valence-electron chi connectivity index (χ0n) is 11.3. The van der Waals surface area contributed by atoms with Crippen LogP contribution in [-0.4, -0.2) is 12.5 Å². The van der Waals surface area contributed by atoms with Crippen molar-refractivity contribution in [3.05, 3.63) is 65.5 Å². The third-order valence-electron chi connectivity index (χ3n) is 2.91. The van der Waals surface area contributed by atoms with E-state index in [2.05, 4.69) is 10.6 Å². The molecule has 20 heavy (non-hydrogen) atoms. The Morgan fingerprint density at radius 2 is 1.70 bits per heavy atom. The number of amides is 1. The van der Waals surface area contributed by atoms with Gasteiger partial charge in [0.25, 0.3) is 0 Å². The van der Waals surface area contributed by atoms with Gasteiger partial charge in [0.2, 0.25) is 5.91 Å². The van der Waals surface area contributed by atoms with E-state index in [-0.39, 0.29) is 18.3 Å². The first-order chi connectivity index (χ1) is 9.63. The number of carbonyl (C=O) groups excluding carboxylic acids is 1. The molecule has 104 valence electrons. The molecule has 0 atom stereocenters. The maximum absolute atomic E-state index is 12.7. The third kappa shape index (κ3) is 4.39. The largest absolute Gasteiger partial charge is 0.376 e. The minimum Gasteiger partial charge on any atom is -0.376 e. The molecule has 0 heterocycles. The Balaban J connectivity index is 1.75. The summed E-state index contributed by atoms with van der Waals surface area (Å²) in [5, 5.41) is 5.76. The van der Waals surface area contributed by atoms with Crippen LogP contribution in [0.5, 0.6) is 0 Å². The van der Waals surface area contributed by atoms with Gasteiger partial charge in [0.1, 0.15) is 5.82 Å². The number of carbonyl (C=O) groups is 1. The zero-order valence-corrected chi connectivity index (χ0v) is 11.3. The van der Waals surface area contributed by atoms with Gasteiger partial charge in [0, 0.05) is 12.2 Å². The number of nitrogens with one attached hydrogen (secondary N) is 2. The minimum atomic E-state index is -0.292. The second-order valence-electron chi connectivity index (χ2n) is 4.62. The molecule has 1 amide bonds. The van der Waals surface area contributed by atoms with E-state index in [4.69, 9.17) is 0 Å². The normalized spacial score (nSPS) is 10.1. The molecule has 0 fully saturated rings. The second kappa shape index (κ2) is 6.70. The van der Waals surface area contributed by atoms with E-state index in [1.54, 1.807) is 12.1 Å². The van der Waals surface area contributed by atoms with Gasteiger partial charge in [0.15, 0.2) is 0 Å². The highest BCUT2D eigenvalue weighted by Gasteiger charge is 2.01. The van der Waals surface area contributed by atoms with Crippen LogP contribution in [0.2, 0.25) is 0 Å². The molecule has 0 radical (unpaired) electrons. The predicted octanol–water partition coefficient (Wildman–Crippen LogP) is 2.86. The number of benzene rings is 2. The van der Waals surface area contributed by atoms with E-state index in [1.807, 2.05) is 31.2 Å². The van der Waals surface area contributed by atoms with Crippen molar-refractivity contribution in [1.82, 2.24) is 5.32 Å². The fourth-order valence-corrected chi connectivity index (χ4v) is 1.72. The van der Waals surface area contributed by atoms with Gasteiger partial charge in [-0.1, -0.05) is 29.8 Å². The van der Waals surface area contributed by atoms with E-state index in [0.29, 0.717) is 6.54 Å². The summed E-state index contributed by atoms with van der Waals surface area (Å²) in [5.41, 5.74) is 2.97. The quantitative estimate of drug-likeness (QED) is 0.878. The molecule has 2 N–H and O–H groups in total. The molecule has 0 aliphatic rings. The molecular formula is C16H17FN2O. The van der Waals surface area contributed by atoms with Gasteiger partial charge in [0.05, 0.1) is 6.54 Å². The van der Waals surface area contributed by atoms with Crippen LogP contribution in [0.25, 0.3) is 0 Å². The molecule has 0 saturated carbocycles. The van der Waals surface area contributed by atoms with Gasteiger partial charge in [-0.3, -0.25) is 4.79 Å². The molecule has 2 aromatic rings. The molecule has 0 unspecified atom stereocenters. The van der Waals surface area contributed by atoms with Crippen LogP contribution in [0.4, 0.5) is 10.1 Å². The van der Waals surface area contributed by atoms with Crippen molar-refractivity contribution in [2.75, 3.05) is 11.9 Å². The van der Waals surface area contributed by atoms with E-state index >= 15 is 0 Å². The Hall–Kier alpha value is -2.36. The summed E-state index contributed by atoms with van der Waals surface area (Å²) in [6, 6.07) is 13.9. The number of halogens is 1. The highest BCUT2D eigenvalue weighted by molar-refractivity contribution is 5.80. The zero-order chi connectivity index (χ0) is 14.4. The van der Waals surface area contributed by atoms with Crippen LogP contribution in [0.15, 0.2) is 48.5 Å². The lowest BCUT2D eigenvalue weighted by Gasteiger charge is -2.08. The molecule has 0 saturated heterocycles. The number of aryl methyl sites for hydroxylation is 1. The van der Waals surface area contributed by atoms with Crippen molar-refractivity contribution in [3.63, 3.8) is 0 Å². The van der Waals surface area contributed by atoms with Gasteiger partial charge in [-0.15, -0.1) is 0 Å². The molecule has 0 spiro atoms. The van der Waals surface area contributed by atoms with E-state index < -0.39 is 0 Å². The summed E-state index contributed by atoms with van der Waals surface area (Å²) in [4.78, 5) is 11.7. The number of anilines is 1. The van der Waals surface area contributed by atoms with E-state index in [1.165, 1.54) is 17.7 Å². The molecular weight excluding hydrogens is 255 g/mol. The van der Waals surface area contributed by atoms with Crippen molar-refractivity contribution in [2.45, 2.75) is 13.5 Å². The molecule has 2 rings (SSSR count). The summed E-state index contributed by atoms with van der Waals surface area (Å²) in [6.45, 7) is 2.69. The highest BCUT2D eigenvalue weighted by Crippen LogP contribution is 2.07. The van der Waals surface area contributed by atoms with Crippen molar-refractivity contribution < 1.29 is 9.18 Å². The molecule has 0 bridgehead atoms. The molecule has 0 aliphatic heterocycles. The standard InChI is InChI=1S/C16H17FN2O/c1-12-2-4-13(5-3-12)10-19-16(20)11-18-15-8-6-14(17)7-9-15/h2-9,18H,10-11H2,1H3,(H,19,20). The first-order valence-corrected chi connectivity index (χ1v) is 6.45. The van der Waals surface area contributed by atoms with E-state index in [0.717, 1.165) is 11.3 Å². The highest BCUT2D eigenvalue weighted by atomic mass is 19.1. The Labute approximate surface area is 117 Å². The molecule has 2 aromatic carbocycles. The maximum atomic E-state index is 12.7. The van der Waals surface area contributed by atoms with Crippen molar-refractivity contribution in [1.29, 1.82) is 0 Å². The number of hydrogen-bond acceptors (Lipinski definition) is 2. The second-order valence-corrected chi connectivity index (χ2v) is 4.62. The van der Waals surface area contributed by atoms with Crippen molar-refractivity contribution >= 4 is 11.6 Å². The number of rotatable bonds is 5. The Bertz CT molecular complexity index is 513. The van der Waals surface area contributed by atoms with Crippen LogP contribution >= 0.6 is 0 Å². The Kier molecular flexibility index (Phi) is 4.71. The predicted molar refractivity (Wildman–Crippen MR) is 77.9 cm³/mol. The summed E-state index contributed by atoms with van der Waals surface area (Å²) >= 11 is 0. The smallest absolute Gasteiger partial charge is 0.239 e. The van der Waals surface area contributed by atoms with Gasteiger partial charge < -0.3 is 10.6 Å². The Morgan fingerprint density at radius 1 is 1.05 bits per heavy atom. The SMILES string of the molecule is Cc1ccc(CNC(=O)CNc2ccc(F)cc2)cc1. The fraction of sp³-hybridized carbons (Fsp3) is 0.188. The van der Waals surface area contributed by atoms with Crippen LogP contribution in [0.1, 0.15) is 11.1 Å². The van der Waals surface area contributed by atoms with Crippen molar-refractivity contribution in [3.8, 4) is 0 Å². The van der Waals surface area contributed by atoms with E-state index in [9.17, 15) is 9.18 Å². The van der Waals surface area contributed by atoms with Crippen LogP contribution < -0.4 is 10.6 Å². The Morgan fingerprint density at radius 3 is 2.35 bits per heavy atom. The monoisotopic (exact) mass is 272 g/mol. The summed E-state index contributed by atoms with van der Waals surface area (Å²) in [7, 11) is 0. The summed E-state index contributed by atoms with van der Waals surface area (Å²) < 4.78 is 12.7. The fourth-order valence-electron chi connectivity index (χ4n) is 1.72. The van der Waals surface area contributed by atoms with Crippen LogP contribution in [0.3, 0.4) is 0 Å². The summed E-state index contributed by atoms with van der Waals surface area (Å²) in [6.07, 6.45) is 0. The molecule has 4 heteroatoms. The van der Waals surface area contributed by atoms with Crippen LogP contribution in [0, 0.1) is 12.7 Å². The van der Waals surface area contributed by atoms with Gasteiger partial charge >= 0.3 is 0 Å². The molecule has 3 nitrogen and oxygen atoms in total. The van der Waals surface area contributed by atoms with Gasteiger partial charge in [-0.25, -0.2) is 4.39 Å². The average Bonchev–Trinajstić information content (AvgIpc) is 2.46. The molecule has 0 aliphatic carbocycles. The minimum absolute atomic E-state index is 0.102. The first-order valence-electron chi connectivity index (χ1n) is 6.45. The lowest BCUT2D eigenvalue weighted by atomic mass is 10.1. The average molecular weight is 272 g/mol. The number of hydrogen-bond donors (Lipinski definition) is 2. The third-order valence-corrected chi connectivity index (χ3v) is 2.91. The maximum Gasteiger partial charge on any atom is 0.239 e. The first kappa shape index (κ1) is 14.1. The molecule has 0 aromatic heterocycles. The lowest BCUT2D eigenvalue weighted by molar-refractivity contribution is -0.119. The lowest BCUT2D eigenvalue weighted by Crippen LogP contribution is -2.29. The summed E-state index contributed by atoms with van der Waals surface area (Å²) in [5.74, 6) is -0.394. The van der Waals surface area contributed by atoms with Crippen LogP contribution in [-0.2, 0) is 11.3 Å². The topological polar surface area (TPSA) is 41.1 Å². The van der Waals surface area contributed by atoms with Gasteiger partial charge in [-0.2, -0.15) is 0 Å².